The van der Waals surface area contributed by atoms with E-state index in [4.69, 9.17) is 4.98 Å². The summed E-state index contributed by atoms with van der Waals surface area (Å²) in [5.41, 5.74) is 3.69. The lowest BCUT2D eigenvalue weighted by atomic mass is 9.76. The maximum absolute atomic E-state index is 14.3. The van der Waals surface area contributed by atoms with E-state index in [0.717, 1.165) is 33.0 Å². The topological polar surface area (TPSA) is 77.1 Å². The van der Waals surface area contributed by atoms with Crippen molar-refractivity contribution < 1.29 is 13.5 Å². The number of nitrogens with zero attached hydrogens (tertiary/aromatic N) is 3. The van der Waals surface area contributed by atoms with Crippen molar-refractivity contribution in [3.63, 3.8) is 0 Å². The molecule has 0 aliphatic carbocycles. The van der Waals surface area contributed by atoms with Gasteiger partial charge in [0, 0.05) is 17.0 Å². The number of aliphatic hydroxyl groups is 1. The Labute approximate surface area is 291 Å². The Morgan fingerprint density at radius 2 is 1.12 bits per heavy atom. The Hall–Kier alpha value is -5.76. The predicted octanol–water partition coefficient (Wildman–Crippen LogP) is 8.63. The maximum Gasteiger partial charge on any atom is 0.268 e. The Balaban J connectivity index is 1.32. The van der Waals surface area contributed by atoms with Gasteiger partial charge in [-0.3, -0.25) is 0 Å². The predicted molar refractivity (Wildman–Crippen MR) is 199 cm³/mol. The van der Waals surface area contributed by atoms with E-state index in [1.807, 2.05) is 104 Å². The first-order valence-corrected chi connectivity index (χ1v) is 18.0. The number of para-hydroxylation sites is 1. The van der Waals surface area contributed by atoms with Gasteiger partial charge in [0.05, 0.1) is 28.0 Å². The summed E-state index contributed by atoms with van der Waals surface area (Å²) in [6.45, 7) is 3.63. The Morgan fingerprint density at radius 3 is 1.70 bits per heavy atom. The fraction of sp³-hybridized carbons (Fsp3) is 0.0930. The van der Waals surface area contributed by atoms with Gasteiger partial charge in [0.25, 0.3) is 10.0 Å². The summed E-state index contributed by atoms with van der Waals surface area (Å²) in [6.07, 6.45) is 3.67. The average molecular weight is 674 g/mol. The largest absolute Gasteiger partial charge is 0.379 e. The molecule has 50 heavy (non-hydrogen) atoms. The molecule has 0 fully saturated rings. The molecule has 246 valence electrons. The highest BCUT2D eigenvalue weighted by Crippen LogP contribution is 2.42. The van der Waals surface area contributed by atoms with Gasteiger partial charge in [-0.05, 0) is 60.4 Å². The summed E-state index contributed by atoms with van der Waals surface area (Å²) in [6, 6.07) is 50.7. The summed E-state index contributed by atoms with van der Waals surface area (Å²) >= 11 is 0. The van der Waals surface area contributed by atoms with Crippen LogP contribution in [0.1, 0.15) is 40.4 Å². The van der Waals surface area contributed by atoms with E-state index in [0.29, 0.717) is 22.3 Å². The molecule has 6 nitrogen and oxygen atoms in total. The standard InChI is InChI=1S/C43H35N3O3S/c1-31-22-25-36(26-23-31)50(48,49)46-39-21-13-12-20-37(39)38-27-24-35(28-40(38)46)42(2,47)41-29-45(30-44-41)43(32-14-6-3-7-15-32,33-16-8-4-9-17-33)34-18-10-5-11-19-34/h3-30,47H,1-2H3. The van der Waals surface area contributed by atoms with E-state index >= 15 is 0 Å². The fourth-order valence-corrected chi connectivity index (χ4v) is 8.72. The normalized spacial score (nSPS) is 13.4. The van der Waals surface area contributed by atoms with E-state index in [-0.39, 0.29) is 4.90 Å². The molecule has 0 bridgehead atoms. The molecular weight excluding hydrogens is 639 g/mol. The van der Waals surface area contributed by atoms with Crippen molar-refractivity contribution in [2.75, 3.05) is 0 Å². The lowest BCUT2D eigenvalue weighted by Gasteiger charge is -2.37. The monoisotopic (exact) mass is 673 g/mol. The van der Waals surface area contributed by atoms with E-state index in [1.54, 1.807) is 43.6 Å². The number of fused-ring (bicyclic) bond motifs is 3. The molecule has 2 heterocycles. The van der Waals surface area contributed by atoms with Gasteiger partial charge in [-0.2, -0.15) is 0 Å². The van der Waals surface area contributed by atoms with Gasteiger partial charge >= 0.3 is 0 Å². The minimum atomic E-state index is -3.98. The molecule has 0 amide bonds. The maximum atomic E-state index is 14.3. The molecule has 0 saturated carbocycles. The Bertz CT molecular complexity index is 2480. The number of imidazole rings is 1. The number of hydrogen-bond acceptors (Lipinski definition) is 4. The number of hydrogen-bond donors (Lipinski definition) is 1. The van der Waals surface area contributed by atoms with Gasteiger partial charge in [-0.15, -0.1) is 0 Å². The molecule has 1 unspecified atom stereocenters. The van der Waals surface area contributed by atoms with Gasteiger partial charge in [0.1, 0.15) is 11.1 Å². The molecule has 1 atom stereocenters. The highest BCUT2D eigenvalue weighted by molar-refractivity contribution is 7.90. The second kappa shape index (κ2) is 12.0. The van der Waals surface area contributed by atoms with Crippen LogP contribution >= 0.6 is 0 Å². The molecule has 0 aliphatic rings. The average Bonchev–Trinajstić information content (AvgIpc) is 3.78. The van der Waals surface area contributed by atoms with Gasteiger partial charge in [-0.1, -0.05) is 139 Å². The summed E-state index contributed by atoms with van der Waals surface area (Å²) in [5.74, 6) is 0. The number of aryl methyl sites for hydroxylation is 1. The molecule has 2 aromatic heterocycles. The minimum Gasteiger partial charge on any atom is -0.379 e. The molecule has 0 radical (unpaired) electrons. The lowest BCUT2D eigenvalue weighted by Crippen LogP contribution is -2.37. The highest BCUT2D eigenvalue weighted by Gasteiger charge is 2.40. The van der Waals surface area contributed by atoms with Crippen LogP contribution in [0.15, 0.2) is 175 Å². The van der Waals surface area contributed by atoms with Crippen molar-refractivity contribution in [1.82, 2.24) is 13.5 Å². The number of benzene rings is 6. The van der Waals surface area contributed by atoms with Gasteiger partial charge in [-0.25, -0.2) is 17.4 Å². The van der Waals surface area contributed by atoms with Crippen molar-refractivity contribution in [3.8, 4) is 0 Å². The van der Waals surface area contributed by atoms with E-state index < -0.39 is 21.2 Å². The first-order chi connectivity index (χ1) is 24.2. The third-order valence-corrected chi connectivity index (χ3v) is 11.5. The van der Waals surface area contributed by atoms with Crippen LogP contribution in [-0.2, 0) is 21.2 Å². The SMILES string of the molecule is Cc1ccc(S(=O)(=O)n2c3ccccc3c3ccc(C(C)(O)c4cn(C(c5ccccc5)(c5ccccc5)c5ccccc5)cn4)cc32)cc1. The van der Waals surface area contributed by atoms with E-state index in [2.05, 4.69) is 41.0 Å². The molecule has 0 spiro atoms. The van der Waals surface area contributed by atoms with Crippen molar-refractivity contribution >= 4 is 31.8 Å². The molecule has 8 aromatic rings. The zero-order valence-electron chi connectivity index (χ0n) is 27.7. The first kappa shape index (κ1) is 31.5. The van der Waals surface area contributed by atoms with Crippen LogP contribution in [0, 0.1) is 6.92 Å². The van der Waals surface area contributed by atoms with Crippen molar-refractivity contribution in [1.29, 1.82) is 0 Å². The van der Waals surface area contributed by atoms with E-state index in [1.165, 1.54) is 3.97 Å². The Morgan fingerprint density at radius 1 is 0.600 bits per heavy atom. The van der Waals surface area contributed by atoms with Crippen LogP contribution < -0.4 is 0 Å². The summed E-state index contributed by atoms with van der Waals surface area (Å²) in [7, 11) is -3.98. The zero-order chi connectivity index (χ0) is 34.5. The molecule has 7 heteroatoms. The smallest absolute Gasteiger partial charge is 0.268 e. The molecule has 0 aliphatic heterocycles. The Kier molecular flexibility index (Phi) is 7.55. The quantitative estimate of drug-likeness (QED) is 0.164. The number of rotatable bonds is 8. The van der Waals surface area contributed by atoms with Gasteiger partial charge < -0.3 is 9.67 Å². The fourth-order valence-electron chi connectivity index (χ4n) is 7.20. The van der Waals surface area contributed by atoms with Crippen molar-refractivity contribution in [2.45, 2.75) is 29.9 Å². The van der Waals surface area contributed by atoms with Crippen molar-refractivity contribution in [2.24, 2.45) is 0 Å². The van der Waals surface area contributed by atoms with Crippen LogP contribution in [0.4, 0.5) is 0 Å². The van der Waals surface area contributed by atoms with Gasteiger partial charge in [0.15, 0.2) is 0 Å². The van der Waals surface area contributed by atoms with Crippen LogP contribution in [0.5, 0.6) is 0 Å². The van der Waals surface area contributed by atoms with Crippen molar-refractivity contribution in [3.05, 3.63) is 204 Å². The zero-order valence-corrected chi connectivity index (χ0v) is 28.5. The van der Waals surface area contributed by atoms with Crippen LogP contribution in [0.2, 0.25) is 0 Å². The highest BCUT2D eigenvalue weighted by atomic mass is 32.2. The molecule has 1 N–H and O–H groups in total. The number of aromatic nitrogens is 3. The third-order valence-electron chi connectivity index (χ3n) is 9.79. The minimum absolute atomic E-state index is 0.195. The second-order valence-corrected chi connectivity index (χ2v) is 14.7. The third kappa shape index (κ3) is 4.89. The molecule has 0 saturated heterocycles. The first-order valence-electron chi connectivity index (χ1n) is 16.5. The van der Waals surface area contributed by atoms with E-state index in [9.17, 15) is 13.5 Å². The molecule has 6 aromatic carbocycles. The summed E-state index contributed by atoms with van der Waals surface area (Å²) in [5, 5.41) is 14.0. The lowest BCUT2D eigenvalue weighted by molar-refractivity contribution is 0.0978. The van der Waals surface area contributed by atoms with Gasteiger partial charge in [0.2, 0.25) is 0 Å². The molecular formula is C43H35N3O3S. The summed E-state index contributed by atoms with van der Waals surface area (Å²) in [4.78, 5) is 5.04. The van der Waals surface area contributed by atoms with Crippen LogP contribution in [0.3, 0.4) is 0 Å². The second-order valence-electron chi connectivity index (χ2n) is 12.9. The molecule has 8 rings (SSSR count). The van der Waals surface area contributed by atoms with Crippen LogP contribution in [0.25, 0.3) is 21.8 Å². The summed E-state index contributed by atoms with van der Waals surface area (Å²) < 4.78 is 32.0. The van der Waals surface area contributed by atoms with Crippen LogP contribution in [-0.4, -0.2) is 27.0 Å².